The van der Waals surface area contributed by atoms with Crippen LogP contribution in [0.25, 0.3) is 0 Å². The summed E-state index contributed by atoms with van der Waals surface area (Å²) in [6, 6.07) is 0. The third-order valence-electron chi connectivity index (χ3n) is 2.02. The molecule has 0 aliphatic rings. The molecule has 65 valence electrons. The first-order valence-electron chi connectivity index (χ1n) is 5.23. The van der Waals surface area contributed by atoms with Crippen LogP contribution < -0.4 is 0 Å². The largest absolute Gasteiger partial charge is 0.199 e. The van der Waals surface area contributed by atoms with E-state index in [1.165, 1.54) is 38.5 Å². The van der Waals surface area contributed by atoms with Crippen LogP contribution in [-0.2, 0) is 0 Å². The van der Waals surface area contributed by atoms with Gasteiger partial charge in [-0.3, -0.25) is 0 Å². The molecule has 1 radical (unpaired) electrons. The molecule has 0 unspecified atom stereocenters. The predicted molar refractivity (Wildman–Crippen MR) is 54.4 cm³/mol. The average molecular weight is 169 g/mol. The highest BCUT2D eigenvalue weighted by molar-refractivity contribution is 6.35. The Labute approximate surface area is 78.5 Å². The van der Waals surface area contributed by atoms with Crippen molar-refractivity contribution < 1.29 is 0 Å². The summed E-state index contributed by atoms with van der Waals surface area (Å²) >= 11 is 0.811. The van der Waals surface area contributed by atoms with Gasteiger partial charge in [0.1, 0.15) is 0 Å². The summed E-state index contributed by atoms with van der Waals surface area (Å²) in [5, 5.41) is 3.11. The lowest BCUT2D eigenvalue weighted by atomic mass is 10.3. The second-order valence-corrected chi connectivity index (χ2v) is 5.01. The fourth-order valence-corrected chi connectivity index (χ4v) is 2.67. The Hall–Kier alpha value is 0.532. The lowest BCUT2D eigenvalue weighted by Gasteiger charge is -1.97. The Kier molecular flexibility index (Phi) is 11.0. The number of rotatable bonds is 8. The van der Waals surface area contributed by atoms with Crippen molar-refractivity contribution in [2.45, 2.75) is 62.9 Å². The highest BCUT2D eigenvalue weighted by Gasteiger charge is 1.91. The SMILES string of the molecule is CCCC[CH2][Al][CH2]CCCC. The summed E-state index contributed by atoms with van der Waals surface area (Å²) in [6.45, 7) is 4.57. The smallest absolute Gasteiger partial charge is 0.104 e. The average Bonchev–Trinajstić information content (AvgIpc) is 2.03. The first-order valence-corrected chi connectivity index (χ1v) is 6.86. The molecule has 0 aromatic rings. The van der Waals surface area contributed by atoms with Crippen molar-refractivity contribution in [3.63, 3.8) is 0 Å². The first kappa shape index (κ1) is 11.5. The summed E-state index contributed by atoms with van der Waals surface area (Å²) < 4.78 is 0. The van der Waals surface area contributed by atoms with E-state index in [1.807, 2.05) is 0 Å². The van der Waals surface area contributed by atoms with Crippen molar-refractivity contribution >= 4 is 15.2 Å². The molecule has 0 atom stereocenters. The molecule has 0 fully saturated rings. The van der Waals surface area contributed by atoms with Crippen molar-refractivity contribution in [2.24, 2.45) is 0 Å². The molecule has 0 saturated heterocycles. The number of hydrogen-bond donors (Lipinski definition) is 0. The van der Waals surface area contributed by atoms with Crippen molar-refractivity contribution in [3.8, 4) is 0 Å². The molecule has 0 aliphatic carbocycles. The van der Waals surface area contributed by atoms with Crippen molar-refractivity contribution in [2.75, 3.05) is 0 Å². The minimum absolute atomic E-state index is 0.811. The Morgan fingerprint density at radius 3 is 1.55 bits per heavy atom. The number of unbranched alkanes of at least 4 members (excludes halogenated alkanes) is 4. The second kappa shape index (κ2) is 10.5. The maximum absolute atomic E-state index is 2.28. The van der Waals surface area contributed by atoms with Gasteiger partial charge in [0.2, 0.25) is 0 Å². The van der Waals surface area contributed by atoms with Gasteiger partial charge in [-0.15, -0.1) is 10.6 Å². The summed E-state index contributed by atoms with van der Waals surface area (Å²) in [6.07, 6.45) is 8.68. The molecule has 0 aromatic heterocycles. The molecule has 0 aromatic carbocycles. The van der Waals surface area contributed by atoms with Gasteiger partial charge in [-0.05, 0) is 0 Å². The maximum Gasteiger partial charge on any atom is 0.199 e. The van der Waals surface area contributed by atoms with Crippen LogP contribution in [0.4, 0.5) is 0 Å². The highest BCUT2D eigenvalue weighted by atomic mass is 27.1. The summed E-state index contributed by atoms with van der Waals surface area (Å²) in [4.78, 5) is 0. The Balaban J connectivity index is 2.69. The predicted octanol–water partition coefficient (Wildman–Crippen LogP) is 3.91. The summed E-state index contributed by atoms with van der Waals surface area (Å²) in [5.74, 6) is 0. The standard InChI is InChI=1S/2C5H11.Al/c2*1-3-5-4-2;/h2*1,3-5H2,2H3;. The molecule has 0 amide bonds. The van der Waals surface area contributed by atoms with Gasteiger partial charge in [0, 0.05) is 0 Å². The van der Waals surface area contributed by atoms with Crippen molar-refractivity contribution in [3.05, 3.63) is 0 Å². The van der Waals surface area contributed by atoms with Gasteiger partial charge < -0.3 is 0 Å². The highest BCUT2D eigenvalue weighted by Crippen LogP contribution is 2.04. The van der Waals surface area contributed by atoms with Crippen LogP contribution in [-0.4, -0.2) is 15.2 Å². The van der Waals surface area contributed by atoms with E-state index in [1.54, 1.807) is 10.6 Å². The van der Waals surface area contributed by atoms with Gasteiger partial charge in [0.25, 0.3) is 0 Å². The van der Waals surface area contributed by atoms with E-state index < -0.39 is 0 Å². The minimum atomic E-state index is 0.811. The van der Waals surface area contributed by atoms with Crippen LogP contribution in [0.15, 0.2) is 0 Å². The van der Waals surface area contributed by atoms with Gasteiger partial charge in [-0.25, -0.2) is 0 Å². The van der Waals surface area contributed by atoms with Crippen LogP contribution in [0.2, 0.25) is 10.6 Å². The van der Waals surface area contributed by atoms with Gasteiger partial charge in [0.05, 0.1) is 0 Å². The van der Waals surface area contributed by atoms with E-state index in [4.69, 9.17) is 0 Å². The minimum Gasteiger partial charge on any atom is -0.104 e. The molecule has 11 heavy (non-hydrogen) atoms. The fraction of sp³-hybridized carbons (Fsp3) is 1.00. The maximum atomic E-state index is 2.28. The van der Waals surface area contributed by atoms with E-state index in [0.29, 0.717) is 0 Å². The van der Waals surface area contributed by atoms with Crippen molar-refractivity contribution in [1.82, 2.24) is 0 Å². The zero-order valence-electron chi connectivity index (χ0n) is 8.23. The fourth-order valence-electron chi connectivity index (χ4n) is 1.22. The summed E-state index contributed by atoms with van der Waals surface area (Å²) in [5.41, 5.74) is 0. The van der Waals surface area contributed by atoms with Crippen molar-refractivity contribution in [1.29, 1.82) is 0 Å². The van der Waals surface area contributed by atoms with E-state index in [0.717, 1.165) is 15.2 Å². The zero-order valence-corrected chi connectivity index (χ0v) is 9.39. The molecule has 0 rings (SSSR count). The molecule has 0 heterocycles. The third kappa shape index (κ3) is 10.5. The second-order valence-electron chi connectivity index (χ2n) is 3.28. The van der Waals surface area contributed by atoms with Crippen LogP contribution in [0.3, 0.4) is 0 Å². The van der Waals surface area contributed by atoms with Crippen LogP contribution in [0, 0.1) is 0 Å². The summed E-state index contributed by atoms with van der Waals surface area (Å²) in [7, 11) is 0. The molecule has 0 nitrogen and oxygen atoms in total. The zero-order chi connectivity index (χ0) is 8.36. The molecule has 1 heteroatoms. The normalized spacial score (nSPS) is 10.0. The molecule has 0 saturated carbocycles. The van der Waals surface area contributed by atoms with Crippen LogP contribution in [0.5, 0.6) is 0 Å². The molecular formula is C10H22Al. The lowest BCUT2D eigenvalue weighted by Crippen LogP contribution is -1.88. The first-order chi connectivity index (χ1) is 5.41. The van der Waals surface area contributed by atoms with E-state index in [9.17, 15) is 0 Å². The van der Waals surface area contributed by atoms with Crippen LogP contribution >= 0.6 is 0 Å². The molecule has 0 N–H and O–H groups in total. The van der Waals surface area contributed by atoms with Gasteiger partial charge in [-0.1, -0.05) is 52.4 Å². The van der Waals surface area contributed by atoms with Gasteiger partial charge in [-0.2, -0.15) is 0 Å². The van der Waals surface area contributed by atoms with Crippen LogP contribution in [0.1, 0.15) is 52.4 Å². The quantitative estimate of drug-likeness (QED) is 0.382. The van der Waals surface area contributed by atoms with E-state index in [2.05, 4.69) is 13.8 Å². The third-order valence-corrected chi connectivity index (χ3v) is 3.66. The molecule has 0 spiro atoms. The molecular weight excluding hydrogens is 147 g/mol. The van der Waals surface area contributed by atoms with Gasteiger partial charge >= 0.3 is 0 Å². The molecule has 0 aliphatic heterocycles. The topological polar surface area (TPSA) is 0 Å². The lowest BCUT2D eigenvalue weighted by molar-refractivity contribution is 0.752. The van der Waals surface area contributed by atoms with E-state index in [-0.39, 0.29) is 0 Å². The Morgan fingerprint density at radius 2 is 1.18 bits per heavy atom. The number of hydrogen-bond acceptors (Lipinski definition) is 0. The Bertz CT molecular complexity index is 53.9. The Morgan fingerprint density at radius 1 is 0.727 bits per heavy atom. The van der Waals surface area contributed by atoms with Gasteiger partial charge in [0.15, 0.2) is 15.2 Å². The molecule has 0 bridgehead atoms. The van der Waals surface area contributed by atoms with E-state index >= 15 is 0 Å². The monoisotopic (exact) mass is 169 g/mol.